The van der Waals surface area contributed by atoms with Gasteiger partial charge in [-0.1, -0.05) is 146 Å². The topological polar surface area (TPSA) is 16.4 Å². The molecule has 1 heterocycles. The Morgan fingerprint density at radius 3 is 1.67 bits per heavy atom. The Bertz CT molecular complexity index is 2870. The fourth-order valence-electron chi connectivity index (χ4n) is 9.67. The molecule has 1 spiro atoms. The van der Waals surface area contributed by atoms with E-state index in [9.17, 15) is 0 Å². The summed E-state index contributed by atoms with van der Waals surface area (Å²) in [6.07, 6.45) is 4.54. The molecule has 8 aromatic carbocycles. The van der Waals surface area contributed by atoms with Crippen LogP contribution in [0.4, 0.5) is 17.1 Å². The Balaban J connectivity index is 1.24. The number of hydrogen-bond acceptors (Lipinski definition) is 2. The molecule has 0 saturated heterocycles. The maximum absolute atomic E-state index is 7.35. The fraction of sp³-hybridized carbons (Fsp3) is 0.0204. The zero-order valence-corrected chi connectivity index (χ0v) is 27.6. The molecule has 0 unspecified atom stereocenters. The second-order valence-electron chi connectivity index (χ2n) is 14.0. The van der Waals surface area contributed by atoms with Gasteiger partial charge < -0.3 is 9.32 Å². The van der Waals surface area contributed by atoms with Gasteiger partial charge in [-0.05, 0) is 91.2 Å². The van der Waals surface area contributed by atoms with Crippen LogP contribution in [-0.4, -0.2) is 0 Å². The number of nitrogens with zero attached hydrogens (tertiary/aromatic N) is 1. The molecule has 0 N–H and O–H groups in total. The van der Waals surface area contributed by atoms with Crippen molar-refractivity contribution >= 4 is 61.9 Å². The Hall–Kier alpha value is -6.64. The molecule has 1 aromatic heterocycles. The van der Waals surface area contributed by atoms with Crippen LogP contribution < -0.4 is 4.90 Å². The minimum Gasteiger partial charge on any atom is -0.453 e. The third-order valence-corrected chi connectivity index (χ3v) is 11.6. The van der Waals surface area contributed by atoms with Gasteiger partial charge in [0.2, 0.25) is 0 Å². The van der Waals surface area contributed by atoms with Gasteiger partial charge in [-0.2, -0.15) is 0 Å². The highest BCUT2D eigenvalue weighted by Gasteiger charge is 2.51. The standard InChI is InChI=1S/C49H29NO/c1-3-12-32(13-4-1)50(33-14-5-2-6-15-33)43-21-11-18-36-37-27-29-42-46(48(37)51-47(36)43)38-26-24-30-22-23-31-25-28-41(45(38)44(30)31)49(42)39-19-9-7-16-34(39)35-17-8-10-20-40(35)49/h1-29H. The molecular formula is C49H29NO. The molecule has 0 fully saturated rings. The summed E-state index contributed by atoms with van der Waals surface area (Å²) in [6, 6.07) is 59.9. The summed E-state index contributed by atoms with van der Waals surface area (Å²) in [6.45, 7) is 0. The molecule has 51 heavy (non-hydrogen) atoms. The molecule has 0 radical (unpaired) electrons. The van der Waals surface area contributed by atoms with Crippen molar-refractivity contribution in [2.75, 3.05) is 4.90 Å². The molecule has 0 atom stereocenters. The van der Waals surface area contributed by atoms with Crippen LogP contribution in [0.1, 0.15) is 33.4 Å². The fourth-order valence-corrected chi connectivity index (χ4v) is 9.67. The van der Waals surface area contributed by atoms with E-state index in [0.29, 0.717) is 0 Å². The zero-order chi connectivity index (χ0) is 33.3. The van der Waals surface area contributed by atoms with Crippen molar-refractivity contribution in [2.24, 2.45) is 0 Å². The second kappa shape index (κ2) is 9.74. The smallest absolute Gasteiger partial charge is 0.159 e. The SMILES string of the molecule is C1=Cc2ccc3c4c(ccc1c24)-c1c(ccc2c1oc1c(N(c4ccccc4)c4ccccc4)cccc12)C31c2ccccc2-c2ccccc21. The predicted molar refractivity (Wildman–Crippen MR) is 211 cm³/mol. The number of hydrogen-bond donors (Lipinski definition) is 0. The summed E-state index contributed by atoms with van der Waals surface area (Å²) < 4.78 is 7.35. The van der Waals surface area contributed by atoms with E-state index in [0.717, 1.165) is 39.0 Å². The first-order chi connectivity index (χ1) is 25.3. The van der Waals surface area contributed by atoms with Crippen molar-refractivity contribution in [3.63, 3.8) is 0 Å². The van der Waals surface area contributed by atoms with E-state index in [1.54, 1.807) is 0 Å². The van der Waals surface area contributed by atoms with Gasteiger partial charge in [0.15, 0.2) is 5.58 Å². The van der Waals surface area contributed by atoms with Gasteiger partial charge in [0.1, 0.15) is 5.58 Å². The van der Waals surface area contributed by atoms with E-state index >= 15 is 0 Å². The molecular weight excluding hydrogens is 619 g/mol. The molecule has 0 aliphatic heterocycles. The molecule has 3 aliphatic rings. The number of rotatable bonds is 3. The van der Waals surface area contributed by atoms with Crippen molar-refractivity contribution in [3.8, 4) is 22.3 Å². The number of furan rings is 1. The van der Waals surface area contributed by atoms with Crippen molar-refractivity contribution in [1.29, 1.82) is 0 Å². The molecule has 2 nitrogen and oxygen atoms in total. The predicted octanol–water partition coefficient (Wildman–Crippen LogP) is 13.0. The average Bonchev–Trinajstić information content (AvgIpc) is 3.88. The molecule has 3 aliphatic carbocycles. The zero-order valence-electron chi connectivity index (χ0n) is 27.6. The summed E-state index contributed by atoms with van der Waals surface area (Å²) in [5.41, 5.74) is 17.4. The quantitative estimate of drug-likeness (QED) is 0.190. The lowest BCUT2D eigenvalue weighted by Crippen LogP contribution is -2.32. The first-order valence-corrected chi connectivity index (χ1v) is 17.7. The van der Waals surface area contributed by atoms with Gasteiger partial charge in [0.05, 0.1) is 11.1 Å². The van der Waals surface area contributed by atoms with Crippen LogP contribution in [0.15, 0.2) is 168 Å². The van der Waals surface area contributed by atoms with Crippen LogP contribution in [0, 0.1) is 0 Å². The maximum atomic E-state index is 7.35. The van der Waals surface area contributed by atoms with Crippen molar-refractivity contribution in [1.82, 2.24) is 0 Å². The Kier molecular flexibility index (Phi) is 5.20. The van der Waals surface area contributed by atoms with E-state index in [2.05, 4.69) is 181 Å². The van der Waals surface area contributed by atoms with E-state index in [4.69, 9.17) is 4.42 Å². The first-order valence-electron chi connectivity index (χ1n) is 17.7. The summed E-state index contributed by atoms with van der Waals surface area (Å²) in [5.74, 6) is 0. The molecule has 2 heteroatoms. The number of para-hydroxylation sites is 3. The van der Waals surface area contributed by atoms with Crippen molar-refractivity contribution < 1.29 is 4.42 Å². The third-order valence-electron chi connectivity index (χ3n) is 11.6. The lowest BCUT2D eigenvalue weighted by molar-refractivity contribution is 0.667. The molecule has 0 amide bonds. The lowest BCUT2D eigenvalue weighted by atomic mass is 9.61. The van der Waals surface area contributed by atoms with Crippen LogP contribution in [-0.2, 0) is 5.41 Å². The van der Waals surface area contributed by atoms with Gasteiger partial charge in [-0.15, -0.1) is 0 Å². The molecule has 12 rings (SSSR count). The van der Waals surface area contributed by atoms with Crippen LogP contribution >= 0.6 is 0 Å². The molecule has 236 valence electrons. The normalized spacial score (nSPS) is 14.0. The number of benzene rings is 8. The van der Waals surface area contributed by atoms with Gasteiger partial charge in [0.25, 0.3) is 0 Å². The number of anilines is 3. The summed E-state index contributed by atoms with van der Waals surface area (Å²) in [5, 5.41) is 4.91. The summed E-state index contributed by atoms with van der Waals surface area (Å²) in [7, 11) is 0. The van der Waals surface area contributed by atoms with Crippen LogP contribution in [0.5, 0.6) is 0 Å². The van der Waals surface area contributed by atoms with E-state index in [1.807, 2.05) is 0 Å². The highest BCUT2D eigenvalue weighted by molar-refractivity contribution is 6.21. The first kappa shape index (κ1) is 27.2. The molecule has 0 bridgehead atoms. The highest BCUT2D eigenvalue weighted by Crippen LogP contribution is 2.63. The van der Waals surface area contributed by atoms with Crippen molar-refractivity contribution in [2.45, 2.75) is 5.41 Å². The van der Waals surface area contributed by atoms with E-state index in [-0.39, 0.29) is 0 Å². The second-order valence-corrected chi connectivity index (χ2v) is 14.0. The summed E-state index contributed by atoms with van der Waals surface area (Å²) in [4.78, 5) is 2.31. The third kappa shape index (κ3) is 3.32. The maximum Gasteiger partial charge on any atom is 0.159 e. The van der Waals surface area contributed by atoms with Crippen LogP contribution in [0.3, 0.4) is 0 Å². The monoisotopic (exact) mass is 647 g/mol. The Morgan fingerprint density at radius 2 is 0.980 bits per heavy atom. The number of fused-ring (bicyclic) bond motifs is 13. The minimum atomic E-state index is -0.495. The molecule has 9 aromatic rings. The molecule has 0 saturated carbocycles. The van der Waals surface area contributed by atoms with Crippen molar-refractivity contribution in [3.05, 3.63) is 197 Å². The van der Waals surface area contributed by atoms with E-state index in [1.165, 1.54) is 66.4 Å². The Labute approximate surface area is 295 Å². The van der Waals surface area contributed by atoms with Gasteiger partial charge >= 0.3 is 0 Å². The minimum absolute atomic E-state index is 0.495. The van der Waals surface area contributed by atoms with Crippen LogP contribution in [0.25, 0.3) is 67.1 Å². The average molecular weight is 648 g/mol. The largest absolute Gasteiger partial charge is 0.453 e. The lowest BCUT2D eigenvalue weighted by Gasteiger charge is -2.40. The van der Waals surface area contributed by atoms with Gasteiger partial charge in [-0.3, -0.25) is 0 Å². The van der Waals surface area contributed by atoms with E-state index < -0.39 is 5.41 Å². The van der Waals surface area contributed by atoms with Gasteiger partial charge in [0, 0.05) is 27.7 Å². The van der Waals surface area contributed by atoms with Crippen LogP contribution in [0.2, 0.25) is 0 Å². The highest BCUT2D eigenvalue weighted by atomic mass is 16.3. The Morgan fingerprint density at radius 1 is 0.392 bits per heavy atom. The van der Waals surface area contributed by atoms with Gasteiger partial charge in [-0.25, -0.2) is 0 Å². The summed E-state index contributed by atoms with van der Waals surface area (Å²) >= 11 is 0.